The van der Waals surface area contributed by atoms with E-state index in [2.05, 4.69) is 67.1 Å². The third-order valence-electron chi connectivity index (χ3n) is 4.71. The van der Waals surface area contributed by atoms with Crippen LogP contribution in [0, 0.1) is 6.92 Å². The molecule has 118 valence electrons. The molecule has 0 spiro atoms. The van der Waals surface area contributed by atoms with Crippen molar-refractivity contribution in [3.63, 3.8) is 0 Å². The van der Waals surface area contributed by atoms with Crippen LogP contribution < -0.4 is 5.32 Å². The zero-order valence-electron chi connectivity index (χ0n) is 14.1. The van der Waals surface area contributed by atoms with Crippen molar-refractivity contribution < 1.29 is 0 Å². The van der Waals surface area contributed by atoms with Crippen molar-refractivity contribution in [1.29, 1.82) is 0 Å². The number of likely N-dealkylation sites (N-methyl/N-ethyl adjacent to an activating group) is 2. The van der Waals surface area contributed by atoms with Gasteiger partial charge in [0.15, 0.2) is 0 Å². The Balaban J connectivity index is 2.02. The summed E-state index contributed by atoms with van der Waals surface area (Å²) in [6, 6.07) is 9.89. The van der Waals surface area contributed by atoms with E-state index in [0.29, 0.717) is 12.1 Å². The fourth-order valence-electron chi connectivity index (χ4n) is 3.46. The van der Waals surface area contributed by atoms with E-state index in [1.165, 1.54) is 37.3 Å². The van der Waals surface area contributed by atoms with E-state index in [1.807, 2.05) is 0 Å². The first-order chi connectivity index (χ1) is 10.2. The summed E-state index contributed by atoms with van der Waals surface area (Å²) in [5.41, 5.74) is 2.84. The van der Waals surface area contributed by atoms with Crippen molar-refractivity contribution in [3.05, 3.63) is 35.4 Å². The molecule has 1 N–H and O–H groups in total. The van der Waals surface area contributed by atoms with Crippen LogP contribution in [0.15, 0.2) is 24.3 Å². The lowest BCUT2D eigenvalue weighted by Gasteiger charge is -2.40. The molecule has 0 radical (unpaired) electrons. The molecular weight excluding hydrogens is 258 g/mol. The summed E-state index contributed by atoms with van der Waals surface area (Å²) in [5, 5.41) is 3.67. The van der Waals surface area contributed by atoms with Gasteiger partial charge in [0.1, 0.15) is 0 Å². The van der Waals surface area contributed by atoms with E-state index in [-0.39, 0.29) is 0 Å². The normalized spacial score (nSPS) is 22.4. The molecule has 0 amide bonds. The van der Waals surface area contributed by atoms with Gasteiger partial charge in [0, 0.05) is 38.3 Å². The Hall–Kier alpha value is -0.900. The van der Waals surface area contributed by atoms with Crippen LogP contribution >= 0.6 is 0 Å². The molecule has 1 aliphatic heterocycles. The lowest BCUT2D eigenvalue weighted by atomic mass is 10.00. The molecule has 0 aliphatic carbocycles. The van der Waals surface area contributed by atoms with Crippen LogP contribution in [0.25, 0.3) is 0 Å². The number of aryl methyl sites for hydroxylation is 1. The minimum atomic E-state index is 0.441. The maximum atomic E-state index is 3.67. The Labute approximate surface area is 130 Å². The van der Waals surface area contributed by atoms with Crippen LogP contribution in [0.3, 0.4) is 0 Å². The molecule has 2 atom stereocenters. The second-order valence-electron chi connectivity index (χ2n) is 6.20. The van der Waals surface area contributed by atoms with E-state index in [9.17, 15) is 0 Å². The van der Waals surface area contributed by atoms with Gasteiger partial charge in [-0.15, -0.1) is 0 Å². The van der Waals surface area contributed by atoms with Crippen LogP contribution in [-0.4, -0.2) is 55.1 Å². The standard InChI is InChI=1S/C18H31N3/c1-5-19-18(17-10-8-7-9-15(17)3)14-20-11-12-21(6-2)16(4)13-20/h7-10,16,18-19H,5-6,11-14H2,1-4H3. The number of benzene rings is 1. The molecular formula is C18H31N3. The fourth-order valence-corrected chi connectivity index (χ4v) is 3.46. The van der Waals surface area contributed by atoms with Gasteiger partial charge in [-0.05, 0) is 38.1 Å². The molecule has 3 nitrogen and oxygen atoms in total. The largest absolute Gasteiger partial charge is 0.309 e. The molecule has 1 aromatic rings. The molecule has 0 aromatic heterocycles. The predicted molar refractivity (Wildman–Crippen MR) is 90.7 cm³/mol. The van der Waals surface area contributed by atoms with Gasteiger partial charge in [-0.25, -0.2) is 0 Å². The van der Waals surface area contributed by atoms with E-state index < -0.39 is 0 Å². The highest BCUT2D eigenvalue weighted by atomic mass is 15.3. The first-order valence-electron chi connectivity index (χ1n) is 8.41. The Bertz CT molecular complexity index is 432. The molecule has 2 rings (SSSR count). The Morgan fingerprint density at radius 1 is 1.24 bits per heavy atom. The van der Waals surface area contributed by atoms with Gasteiger partial charge in [0.05, 0.1) is 0 Å². The third-order valence-corrected chi connectivity index (χ3v) is 4.71. The predicted octanol–water partition coefficient (Wildman–Crippen LogP) is 2.67. The highest BCUT2D eigenvalue weighted by Crippen LogP contribution is 2.20. The van der Waals surface area contributed by atoms with Crippen LogP contribution in [0.2, 0.25) is 0 Å². The van der Waals surface area contributed by atoms with Crippen molar-refractivity contribution in [3.8, 4) is 0 Å². The third kappa shape index (κ3) is 4.29. The quantitative estimate of drug-likeness (QED) is 0.868. The number of rotatable bonds is 6. The van der Waals surface area contributed by atoms with E-state index in [0.717, 1.165) is 13.1 Å². The lowest BCUT2D eigenvalue weighted by Crippen LogP contribution is -2.53. The van der Waals surface area contributed by atoms with Crippen LogP contribution in [0.5, 0.6) is 0 Å². The van der Waals surface area contributed by atoms with Crippen LogP contribution in [0.4, 0.5) is 0 Å². The summed E-state index contributed by atoms with van der Waals surface area (Å²) in [6.07, 6.45) is 0. The van der Waals surface area contributed by atoms with Crippen molar-refractivity contribution in [2.45, 2.75) is 39.8 Å². The SMILES string of the molecule is CCNC(CN1CCN(CC)C(C)C1)c1ccccc1C. The van der Waals surface area contributed by atoms with Gasteiger partial charge in [0.2, 0.25) is 0 Å². The van der Waals surface area contributed by atoms with Gasteiger partial charge < -0.3 is 5.32 Å². The molecule has 0 bridgehead atoms. The van der Waals surface area contributed by atoms with Crippen molar-refractivity contribution in [2.24, 2.45) is 0 Å². The molecule has 1 heterocycles. The van der Waals surface area contributed by atoms with Crippen molar-refractivity contribution in [1.82, 2.24) is 15.1 Å². The van der Waals surface area contributed by atoms with Gasteiger partial charge in [-0.2, -0.15) is 0 Å². The van der Waals surface area contributed by atoms with Gasteiger partial charge in [0.25, 0.3) is 0 Å². The highest BCUT2D eigenvalue weighted by Gasteiger charge is 2.24. The molecule has 2 unspecified atom stereocenters. The first-order valence-corrected chi connectivity index (χ1v) is 8.41. The summed E-state index contributed by atoms with van der Waals surface area (Å²) in [6.45, 7) is 15.9. The second kappa shape index (κ2) is 7.92. The van der Waals surface area contributed by atoms with Crippen molar-refractivity contribution in [2.75, 3.05) is 39.3 Å². The first kappa shape index (κ1) is 16.5. The minimum absolute atomic E-state index is 0.441. The maximum absolute atomic E-state index is 3.67. The smallest absolute Gasteiger partial charge is 0.0451 e. The molecule has 1 aliphatic rings. The molecule has 21 heavy (non-hydrogen) atoms. The fraction of sp³-hybridized carbons (Fsp3) is 0.667. The summed E-state index contributed by atoms with van der Waals surface area (Å²) in [7, 11) is 0. The zero-order valence-corrected chi connectivity index (χ0v) is 14.1. The zero-order chi connectivity index (χ0) is 15.2. The maximum Gasteiger partial charge on any atom is 0.0451 e. The topological polar surface area (TPSA) is 18.5 Å². The van der Waals surface area contributed by atoms with E-state index in [4.69, 9.17) is 0 Å². The average Bonchev–Trinajstić information content (AvgIpc) is 2.47. The number of nitrogens with one attached hydrogen (secondary N) is 1. The van der Waals surface area contributed by atoms with E-state index in [1.54, 1.807) is 0 Å². The monoisotopic (exact) mass is 289 g/mol. The number of hydrogen-bond donors (Lipinski definition) is 1. The summed E-state index contributed by atoms with van der Waals surface area (Å²) < 4.78 is 0. The molecule has 0 saturated carbocycles. The van der Waals surface area contributed by atoms with Gasteiger partial charge in [-0.3, -0.25) is 9.80 Å². The summed E-state index contributed by atoms with van der Waals surface area (Å²) in [4.78, 5) is 5.20. The second-order valence-corrected chi connectivity index (χ2v) is 6.20. The average molecular weight is 289 g/mol. The van der Waals surface area contributed by atoms with E-state index >= 15 is 0 Å². The number of nitrogens with zero attached hydrogens (tertiary/aromatic N) is 2. The summed E-state index contributed by atoms with van der Waals surface area (Å²) in [5.74, 6) is 0. The number of piperazine rings is 1. The number of hydrogen-bond acceptors (Lipinski definition) is 3. The van der Waals surface area contributed by atoms with Gasteiger partial charge >= 0.3 is 0 Å². The molecule has 1 fully saturated rings. The molecule has 1 aromatic carbocycles. The lowest BCUT2D eigenvalue weighted by molar-refractivity contribution is 0.0813. The Morgan fingerprint density at radius 3 is 2.62 bits per heavy atom. The highest BCUT2D eigenvalue weighted by molar-refractivity contribution is 5.29. The Kier molecular flexibility index (Phi) is 6.22. The van der Waals surface area contributed by atoms with Crippen molar-refractivity contribution >= 4 is 0 Å². The molecule has 1 saturated heterocycles. The minimum Gasteiger partial charge on any atom is -0.309 e. The Morgan fingerprint density at radius 2 is 2.00 bits per heavy atom. The van der Waals surface area contributed by atoms with Gasteiger partial charge in [-0.1, -0.05) is 38.1 Å². The molecule has 3 heteroatoms. The van der Waals surface area contributed by atoms with Crippen LogP contribution in [0.1, 0.15) is 37.9 Å². The summed E-state index contributed by atoms with van der Waals surface area (Å²) >= 11 is 0. The van der Waals surface area contributed by atoms with Crippen LogP contribution in [-0.2, 0) is 0 Å².